The van der Waals surface area contributed by atoms with Gasteiger partial charge in [0.15, 0.2) is 11.9 Å². The lowest BCUT2D eigenvalue weighted by Crippen LogP contribution is -2.47. The van der Waals surface area contributed by atoms with Crippen LogP contribution in [0.25, 0.3) is 0 Å². The van der Waals surface area contributed by atoms with E-state index in [1.165, 1.54) is 6.42 Å². The summed E-state index contributed by atoms with van der Waals surface area (Å²) in [5, 5.41) is 21.5. The first-order chi connectivity index (χ1) is 9.69. The molecule has 0 aromatic heterocycles. The minimum atomic E-state index is 0.103. The van der Waals surface area contributed by atoms with Gasteiger partial charge in [0.05, 0.1) is 7.11 Å². The summed E-state index contributed by atoms with van der Waals surface area (Å²) in [5.74, 6) is 1.16. The number of rotatable bonds is 2. The van der Waals surface area contributed by atoms with E-state index in [1.54, 1.807) is 7.11 Å². The number of anilines is 1. The van der Waals surface area contributed by atoms with Crippen LogP contribution in [0.3, 0.4) is 0 Å². The fraction of sp³-hybridized carbons (Fsp3) is 0.429. The summed E-state index contributed by atoms with van der Waals surface area (Å²) in [6.45, 7) is 1.78. The quantitative estimate of drug-likeness (QED) is 0.491. The van der Waals surface area contributed by atoms with E-state index in [4.69, 9.17) is 15.6 Å². The molecule has 1 fully saturated rings. The summed E-state index contributed by atoms with van der Waals surface area (Å²) < 4.78 is 5.08. The molecule has 1 aliphatic heterocycles. The number of ether oxygens (including phenoxy) is 1. The molecule has 0 atom stereocenters. The fourth-order valence-corrected chi connectivity index (χ4v) is 2.16. The minimum absolute atomic E-state index is 0.103. The zero-order chi connectivity index (χ0) is 14.4. The average Bonchev–Trinajstić information content (AvgIpc) is 2.49. The zero-order valence-corrected chi connectivity index (χ0v) is 11.7. The second-order valence-corrected chi connectivity index (χ2v) is 4.75. The number of benzene rings is 1. The van der Waals surface area contributed by atoms with Crippen molar-refractivity contribution >= 4 is 17.6 Å². The number of guanidine groups is 2. The Labute approximate surface area is 119 Å². The molecule has 6 nitrogen and oxygen atoms in total. The van der Waals surface area contributed by atoms with Gasteiger partial charge >= 0.3 is 0 Å². The van der Waals surface area contributed by atoms with E-state index in [2.05, 4.69) is 10.6 Å². The van der Waals surface area contributed by atoms with Crippen LogP contribution in [-0.4, -0.2) is 37.0 Å². The normalized spacial score (nSPS) is 14.6. The molecule has 0 aliphatic carbocycles. The topological polar surface area (TPSA) is 84.2 Å². The van der Waals surface area contributed by atoms with E-state index in [1.807, 2.05) is 29.2 Å². The molecule has 1 heterocycles. The smallest absolute Gasteiger partial charge is 0.199 e. The Kier molecular flexibility index (Phi) is 4.81. The minimum Gasteiger partial charge on any atom is -0.497 e. The standard InChI is InChI=1S/C14H21N5O/c1-20-12-7-5-11(6-8-12)17-13(15)18-14(16)19-9-3-2-4-10-19/h5-8H,2-4,9-10H2,1H3,(H4,15,16,17,18). The third-order valence-electron chi connectivity index (χ3n) is 3.28. The Balaban J connectivity index is 1.83. The maximum absolute atomic E-state index is 7.96. The molecule has 0 radical (unpaired) electrons. The SMILES string of the molecule is COc1ccc(NC(=N)NC(=N)N2CCCCC2)cc1. The van der Waals surface area contributed by atoms with Crippen LogP contribution < -0.4 is 15.4 Å². The monoisotopic (exact) mass is 275 g/mol. The summed E-state index contributed by atoms with van der Waals surface area (Å²) >= 11 is 0. The van der Waals surface area contributed by atoms with Crippen molar-refractivity contribution in [2.45, 2.75) is 19.3 Å². The molecule has 0 unspecified atom stereocenters. The van der Waals surface area contributed by atoms with Crippen LogP contribution in [0.4, 0.5) is 5.69 Å². The lowest BCUT2D eigenvalue weighted by molar-refractivity contribution is 0.334. The molecular weight excluding hydrogens is 254 g/mol. The summed E-state index contributed by atoms with van der Waals surface area (Å²) in [5.41, 5.74) is 0.787. The first kappa shape index (κ1) is 14.2. The van der Waals surface area contributed by atoms with Crippen LogP contribution >= 0.6 is 0 Å². The predicted molar refractivity (Wildman–Crippen MR) is 80.6 cm³/mol. The van der Waals surface area contributed by atoms with Crippen LogP contribution in [0.2, 0.25) is 0 Å². The van der Waals surface area contributed by atoms with Crippen LogP contribution in [0.5, 0.6) is 5.75 Å². The van der Waals surface area contributed by atoms with Crippen molar-refractivity contribution in [2.75, 3.05) is 25.5 Å². The van der Waals surface area contributed by atoms with Gasteiger partial charge in [0.1, 0.15) is 5.75 Å². The van der Waals surface area contributed by atoms with Crippen LogP contribution in [0, 0.1) is 10.8 Å². The van der Waals surface area contributed by atoms with E-state index >= 15 is 0 Å². The van der Waals surface area contributed by atoms with Gasteiger partial charge in [-0.15, -0.1) is 0 Å². The average molecular weight is 275 g/mol. The highest BCUT2D eigenvalue weighted by molar-refractivity contribution is 6.02. The van der Waals surface area contributed by atoms with Crippen molar-refractivity contribution in [3.8, 4) is 5.75 Å². The van der Waals surface area contributed by atoms with Crippen LogP contribution in [0.15, 0.2) is 24.3 Å². The number of likely N-dealkylation sites (tertiary alicyclic amines) is 1. The lowest BCUT2D eigenvalue weighted by atomic mass is 10.1. The number of nitrogens with one attached hydrogen (secondary N) is 4. The molecule has 0 spiro atoms. The second kappa shape index (κ2) is 6.79. The molecule has 108 valence electrons. The van der Waals surface area contributed by atoms with E-state index in [0.29, 0.717) is 0 Å². The van der Waals surface area contributed by atoms with E-state index in [9.17, 15) is 0 Å². The summed E-state index contributed by atoms with van der Waals surface area (Å²) in [6, 6.07) is 7.32. The Morgan fingerprint density at radius 2 is 1.75 bits per heavy atom. The number of methoxy groups -OCH3 is 1. The first-order valence-electron chi connectivity index (χ1n) is 6.79. The van der Waals surface area contributed by atoms with Gasteiger partial charge in [-0.1, -0.05) is 0 Å². The molecule has 1 aromatic rings. The second-order valence-electron chi connectivity index (χ2n) is 4.75. The summed E-state index contributed by atoms with van der Waals surface area (Å²) in [7, 11) is 1.62. The molecule has 1 aromatic carbocycles. The fourth-order valence-electron chi connectivity index (χ4n) is 2.16. The van der Waals surface area contributed by atoms with Gasteiger partial charge in [-0.3, -0.25) is 16.1 Å². The summed E-state index contributed by atoms with van der Waals surface area (Å²) in [4.78, 5) is 1.97. The van der Waals surface area contributed by atoms with Crippen LogP contribution in [-0.2, 0) is 0 Å². The number of hydrogen-bond donors (Lipinski definition) is 4. The lowest BCUT2D eigenvalue weighted by Gasteiger charge is -2.29. The van der Waals surface area contributed by atoms with Gasteiger partial charge in [0.2, 0.25) is 0 Å². The van der Waals surface area contributed by atoms with Crippen molar-refractivity contribution in [3.05, 3.63) is 24.3 Å². The first-order valence-corrected chi connectivity index (χ1v) is 6.79. The third-order valence-corrected chi connectivity index (χ3v) is 3.28. The maximum Gasteiger partial charge on any atom is 0.199 e. The molecule has 0 saturated carbocycles. The Hall–Kier alpha value is -2.24. The maximum atomic E-state index is 7.96. The van der Waals surface area contributed by atoms with Crippen molar-refractivity contribution < 1.29 is 4.74 Å². The molecule has 0 bridgehead atoms. The highest BCUT2D eigenvalue weighted by Gasteiger charge is 2.14. The van der Waals surface area contributed by atoms with Gasteiger partial charge in [-0.05, 0) is 43.5 Å². The molecule has 20 heavy (non-hydrogen) atoms. The highest BCUT2D eigenvalue weighted by Crippen LogP contribution is 2.14. The van der Waals surface area contributed by atoms with Crippen molar-refractivity contribution in [1.82, 2.24) is 10.2 Å². The molecule has 1 aliphatic rings. The molecule has 6 heteroatoms. The van der Waals surface area contributed by atoms with Gasteiger partial charge in [-0.2, -0.15) is 0 Å². The van der Waals surface area contributed by atoms with E-state index in [0.717, 1.165) is 37.4 Å². The summed E-state index contributed by atoms with van der Waals surface area (Å²) in [6.07, 6.45) is 3.46. The van der Waals surface area contributed by atoms with E-state index in [-0.39, 0.29) is 11.9 Å². The van der Waals surface area contributed by atoms with Gasteiger partial charge in [-0.25, -0.2) is 0 Å². The molecule has 1 saturated heterocycles. The zero-order valence-electron chi connectivity index (χ0n) is 11.7. The third kappa shape index (κ3) is 3.88. The van der Waals surface area contributed by atoms with Gasteiger partial charge < -0.3 is 15.0 Å². The van der Waals surface area contributed by atoms with Crippen molar-refractivity contribution in [3.63, 3.8) is 0 Å². The number of piperidine rings is 1. The Morgan fingerprint density at radius 1 is 1.10 bits per heavy atom. The number of hydrogen-bond acceptors (Lipinski definition) is 3. The van der Waals surface area contributed by atoms with Crippen molar-refractivity contribution in [2.24, 2.45) is 0 Å². The van der Waals surface area contributed by atoms with Crippen molar-refractivity contribution in [1.29, 1.82) is 10.8 Å². The predicted octanol–water partition coefficient (Wildman–Crippen LogP) is 2.05. The van der Waals surface area contributed by atoms with Crippen LogP contribution in [0.1, 0.15) is 19.3 Å². The molecule has 0 amide bonds. The molecular formula is C14H21N5O. The Bertz CT molecular complexity index is 465. The Morgan fingerprint density at radius 3 is 2.35 bits per heavy atom. The molecule has 2 rings (SSSR count). The largest absolute Gasteiger partial charge is 0.497 e. The van der Waals surface area contributed by atoms with Gasteiger partial charge in [0.25, 0.3) is 0 Å². The van der Waals surface area contributed by atoms with Gasteiger partial charge in [0, 0.05) is 18.8 Å². The highest BCUT2D eigenvalue weighted by atomic mass is 16.5. The van der Waals surface area contributed by atoms with E-state index < -0.39 is 0 Å². The number of nitrogens with zero attached hydrogens (tertiary/aromatic N) is 1. The molecule has 4 N–H and O–H groups in total.